The number of para-hydroxylation sites is 3. The Bertz CT molecular complexity index is 3800. The second kappa shape index (κ2) is 23.8. The summed E-state index contributed by atoms with van der Waals surface area (Å²) in [7, 11) is -7.73. The minimum Gasteiger partial charge on any atom is -0.410 e. The van der Waals surface area contributed by atoms with Crippen LogP contribution in [0, 0.1) is 0 Å². The van der Waals surface area contributed by atoms with Gasteiger partial charge in [0.2, 0.25) is 20.0 Å². The van der Waals surface area contributed by atoms with E-state index in [1.165, 1.54) is 55.6 Å². The smallest absolute Gasteiger partial charge is 0.410 e. The number of aromatic nitrogens is 8. The van der Waals surface area contributed by atoms with E-state index in [9.17, 15) is 36.0 Å². The standard InChI is InChI=1S/C22H26N8O7S.C22H24N6O6.C6H8N2O2S/c1-4-24-19(31)15-14-16(37-22(2,3)36-14)20(35-15)30-10-27-13-17(25-9-26-18(13)30)29-21(32)28-11-7-5-6-8-12(11)38(23,33)34;1-4-23-19(29)15-14-16(34-22(2,3)33-14)20(32-15)28-11-26-13-17(24-10-25-18(13)28)27-21(30)31-12-8-6-5-7-9-12;7-5-3-1-2-4-6(5)11(8,9)10/h5-10,14-16,20H,4H2,1-3H3,(H,24,31)(H2,23,33,34)(H2,25,26,28,29,32);5-11,14-16,20H,4H2,1-3H3,(H,23,29)(H,24,25,27,30);1-4H,7H2,(H2,8,9,10)/t2*14?,15-,16?,20+;/m00./s1. The van der Waals surface area contributed by atoms with Gasteiger partial charge in [0, 0.05) is 13.1 Å². The van der Waals surface area contributed by atoms with Gasteiger partial charge >= 0.3 is 12.1 Å². The number of nitrogens with one attached hydrogen (secondary N) is 5. The van der Waals surface area contributed by atoms with Crippen molar-refractivity contribution >= 4 is 89.3 Å². The van der Waals surface area contributed by atoms with Gasteiger partial charge in [-0.1, -0.05) is 42.5 Å². The van der Waals surface area contributed by atoms with Crippen molar-refractivity contribution in [1.82, 2.24) is 49.7 Å². The lowest BCUT2D eigenvalue weighted by Gasteiger charge is -2.24. The molecule has 31 nitrogen and oxygen atoms in total. The molecular formula is C50H58N16O15S2. The number of carbonyl (C=O) groups is 4. The topological polar surface area (TPSA) is 427 Å². The van der Waals surface area contributed by atoms with Crippen LogP contribution in [0.5, 0.6) is 5.75 Å². The fourth-order valence-electron chi connectivity index (χ4n) is 9.37. The molecule has 11 rings (SSSR count). The molecule has 83 heavy (non-hydrogen) atoms. The SMILES string of the molecule is CCNC(=O)[C@H]1O[C@@H](n2cnc3c(NC(=O)Nc4ccccc4S(N)(=O)=O)ncnc32)C2OC(C)(C)OC21.CCNC(=O)[C@H]1O[C@@H](n2cnc3c(NC(=O)Oc4ccccc4)ncnc32)C2OC(C)(C)OC21.Nc1ccccc1S(N)(=O)=O. The Morgan fingerprint density at radius 1 is 0.578 bits per heavy atom. The molecule has 440 valence electrons. The number of urea groups is 1. The third kappa shape index (κ3) is 13.1. The van der Waals surface area contributed by atoms with Crippen molar-refractivity contribution in [3.63, 3.8) is 0 Å². The number of primary sulfonamides is 2. The first-order valence-corrected chi connectivity index (χ1v) is 28.5. The zero-order valence-corrected chi connectivity index (χ0v) is 46.7. The lowest BCUT2D eigenvalue weighted by atomic mass is 10.1. The number of fused-ring (bicyclic) bond motifs is 4. The number of likely N-dealkylation sites (N-methyl/N-ethyl adjacent to an activating group) is 2. The van der Waals surface area contributed by atoms with E-state index in [0.717, 1.165) is 0 Å². The van der Waals surface area contributed by atoms with Gasteiger partial charge in [-0.2, -0.15) is 0 Å². The maximum Gasteiger partial charge on any atom is 0.418 e. The molecule has 11 N–H and O–H groups in total. The van der Waals surface area contributed by atoms with Gasteiger partial charge in [0.05, 0.1) is 24.0 Å². The number of nitrogen functional groups attached to an aromatic ring is 1. The highest BCUT2D eigenvalue weighted by Gasteiger charge is 2.59. The average molecular weight is 1190 g/mol. The zero-order chi connectivity index (χ0) is 59.6. The molecular weight excluding hydrogens is 1130 g/mol. The summed E-state index contributed by atoms with van der Waals surface area (Å²) in [5.74, 6) is -1.83. The van der Waals surface area contributed by atoms with Crippen molar-refractivity contribution in [3.05, 3.63) is 104 Å². The number of nitrogens with two attached hydrogens (primary N) is 3. The van der Waals surface area contributed by atoms with Gasteiger partial charge in [0.1, 0.15) is 52.6 Å². The van der Waals surface area contributed by atoms with Crippen LogP contribution in [0.3, 0.4) is 0 Å². The van der Waals surface area contributed by atoms with E-state index in [1.54, 1.807) is 86.2 Å². The van der Waals surface area contributed by atoms with E-state index >= 15 is 0 Å². The summed E-state index contributed by atoms with van der Waals surface area (Å²) >= 11 is 0. The largest absolute Gasteiger partial charge is 0.418 e. The molecule has 4 fully saturated rings. The quantitative estimate of drug-likeness (QED) is 0.0815. The van der Waals surface area contributed by atoms with E-state index in [0.29, 0.717) is 35.7 Å². The number of ether oxygens (including phenoxy) is 7. The minimum absolute atomic E-state index is 0.00822. The van der Waals surface area contributed by atoms with Crippen molar-refractivity contribution < 1.29 is 69.2 Å². The lowest BCUT2D eigenvalue weighted by Crippen LogP contribution is -2.42. The van der Waals surface area contributed by atoms with Gasteiger partial charge in [-0.05, 0) is 77.9 Å². The molecule has 4 unspecified atom stereocenters. The number of rotatable bonds is 12. The van der Waals surface area contributed by atoms with E-state index in [1.807, 2.05) is 13.0 Å². The van der Waals surface area contributed by atoms with E-state index in [4.69, 9.17) is 49.2 Å². The monoisotopic (exact) mass is 1190 g/mol. The Labute approximate surface area is 473 Å². The van der Waals surface area contributed by atoms with Crippen LogP contribution in [0.2, 0.25) is 0 Å². The van der Waals surface area contributed by atoms with Crippen LogP contribution in [-0.2, 0) is 58.1 Å². The van der Waals surface area contributed by atoms with Gasteiger partial charge in [-0.3, -0.25) is 29.4 Å². The fourth-order valence-corrected chi connectivity index (χ4v) is 10.7. The highest BCUT2D eigenvalue weighted by Crippen LogP contribution is 2.45. The maximum absolute atomic E-state index is 12.7. The van der Waals surface area contributed by atoms with Crippen LogP contribution in [-0.4, -0.2) is 141 Å². The molecule has 0 radical (unpaired) electrons. The predicted octanol–water partition coefficient (Wildman–Crippen LogP) is 2.58. The molecule has 7 aromatic rings. The summed E-state index contributed by atoms with van der Waals surface area (Å²) < 4.78 is 89.9. The summed E-state index contributed by atoms with van der Waals surface area (Å²) in [6.07, 6.45) is -1.08. The van der Waals surface area contributed by atoms with Crippen LogP contribution in [0.1, 0.15) is 54.0 Å². The predicted molar refractivity (Wildman–Crippen MR) is 292 cm³/mol. The second-order valence-electron chi connectivity index (χ2n) is 19.4. The van der Waals surface area contributed by atoms with Gasteiger partial charge < -0.3 is 54.8 Å². The van der Waals surface area contributed by atoms with Gasteiger partial charge in [-0.25, -0.2) is 66.6 Å². The number of nitrogens with zero attached hydrogens (tertiary/aromatic N) is 8. The summed E-state index contributed by atoms with van der Waals surface area (Å²) in [6, 6.07) is 19.6. The Kier molecular flexibility index (Phi) is 17.0. The molecule has 33 heteroatoms. The van der Waals surface area contributed by atoms with Crippen LogP contribution in [0.25, 0.3) is 22.3 Å². The molecule has 0 saturated carbocycles. The fraction of sp³-hybridized carbons (Fsp3) is 0.360. The van der Waals surface area contributed by atoms with E-state index in [2.05, 4.69) is 56.5 Å². The molecule has 0 spiro atoms. The molecule has 4 saturated heterocycles. The molecule has 3 aromatic carbocycles. The molecule has 8 heterocycles. The number of anilines is 4. The third-order valence-electron chi connectivity index (χ3n) is 12.6. The molecule has 0 bridgehead atoms. The Hall–Kier alpha value is -8.38. The number of amides is 5. The molecule has 4 aliphatic heterocycles. The van der Waals surface area contributed by atoms with Crippen molar-refractivity contribution in [3.8, 4) is 5.75 Å². The molecule has 4 aromatic heterocycles. The molecule has 0 aliphatic carbocycles. The Balaban J connectivity index is 0.000000169. The van der Waals surface area contributed by atoms with Crippen molar-refractivity contribution in [2.75, 3.05) is 34.8 Å². The number of carbonyl (C=O) groups excluding carboxylic acids is 4. The van der Waals surface area contributed by atoms with Crippen LogP contribution in [0.15, 0.2) is 114 Å². The van der Waals surface area contributed by atoms with Crippen LogP contribution in [0.4, 0.5) is 32.6 Å². The van der Waals surface area contributed by atoms with Gasteiger partial charge in [0.25, 0.3) is 11.8 Å². The highest BCUT2D eigenvalue weighted by molar-refractivity contribution is 7.89. The van der Waals surface area contributed by atoms with E-state index in [-0.39, 0.29) is 50.1 Å². The molecule has 8 atom stereocenters. The third-order valence-corrected chi connectivity index (χ3v) is 14.6. The average Bonchev–Trinajstić information content (AvgIpc) is 2.88. The van der Waals surface area contributed by atoms with Crippen LogP contribution >= 0.6 is 0 Å². The number of imidazole rings is 2. The Morgan fingerprint density at radius 3 is 1.49 bits per heavy atom. The molecule has 4 aliphatic rings. The first-order valence-electron chi connectivity index (χ1n) is 25.4. The van der Waals surface area contributed by atoms with Crippen LogP contribution < -0.4 is 47.3 Å². The summed E-state index contributed by atoms with van der Waals surface area (Å²) in [5, 5.41) is 23.2. The zero-order valence-electron chi connectivity index (χ0n) is 45.1. The summed E-state index contributed by atoms with van der Waals surface area (Å²) in [4.78, 5) is 75.6. The highest BCUT2D eigenvalue weighted by atomic mass is 32.2. The second-order valence-corrected chi connectivity index (χ2v) is 22.5. The van der Waals surface area contributed by atoms with Gasteiger partial charge in [-0.15, -0.1) is 0 Å². The minimum atomic E-state index is -4.07. The van der Waals surface area contributed by atoms with Crippen molar-refractivity contribution in [1.29, 1.82) is 0 Å². The van der Waals surface area contributed by atoms with Crippen molar-refractivity contribution in [2.24, 2.45) is 10.3 Å². The first-order chi connectivity index (χ1) is 39.4. The number of hydrogen-bond donors (Lipinski definition) is 8. The lowest BCUT2D eigenvalue weighted by molar-refractivity contribution is -0.198. The number of benzene rings is 3. The van der Waals surface area contributed by atoms with Crippen molar-refractivity contribution in [2.45, 2.75) is 112 Å². The maximum atomic E-state index is 12.7. The number of sulfonamides is 2. The van der Waals surface area contributed by atoms with Gasteiger partial charge in [0.15, 0.2) is 70.2 Å². The van der Waals surface area contributed by atoms with E-state index < -0.39 is 92.8 Å². The normalized spacial score (nSPS) is 22.9. The first kappa shape index (κ1) is 59.2. The molecule has 5 amide bonds. The summed E-state index contributed by atoms with van der Waals surface area (Å²) in [5.41, 5.74) is 6.75. The number of hydrogen-bond acceptors (Lipinski definition) is 22. The summed E-state index contributed by atoms with van der Waals surface area (Å²) in [6.45, 7) is 11.6. The Morgan fingerprint density at radius 2 is 1.02 bits per heavy atom.